The number of amides is 2. The highest BCUT2D eigenvalue weighted by Crippen LogP contribution is 2.21. The monoisotopic (exact) mass is 450 g/mol. The van der Waals surface area contributed by atoms with Crippen molar-refractivity contribution in [3.05, 3.63) is 71.8 Å². The highest BCUT2D eigenvalue weighted by Gasteiger charge is 2.27. The first-order valence-electron chi connectivity index (χ1n) is 10.7. The van der Waals surface area contributed by atoms with Crippen molar-refractivity contribution in [3.8, 4) is 0 Å². The Balaban J connectivity index is 1.20. The first-order valence-corrected chi connectivity index (χ1v) is 11.7. The predicted molar refractivity (Wildman–Crippen MR) is 122 cm³/mol. The maximum Gasteiger partial charge on any atom is 0.253 e. The fourth-order valence-electron chi connectivity index (χ4n) is 3.69. The van der Waals surface area contributed by atoms with Gasteiger partial charge in [0.2, 0.25) is 5.91 Å². The van der Waals surface area contributed by atoms with Crippen LogP contribution < -0.4 is 5.32 Å². The molecule has 3 heterocycles. The molecule has 0 atom stereocenters. The maximum atomic E-state index is 12.9. The normalized spacial score (nSPS) is 14.3. The molecule has 0 spiro atoms. The Bertz CT molecular complexity index is 1000. The van der Waals surface area contributed by atoms with Crippen LogP contribution in [0.15, 0.2) is 60.1 Å². The van der Waals surface area contributed by atoms with Crippen molar-refractivity contribution in [2.75, 3.05) is 19.6 Å². The molecule has 0 aliphatic carbocycles. The first kappa shape index (κ1) is 22.0. The Morgan fingerprint density at radius 1 is 1.09 bits per heavy atom. The zero-order valence-corrected chi connectivity index (χ0v) is 18.6. The van der Waals surface area contributed by atoms with E-state index in [-0.39, 0.29) is 17.7 Å². The highest BCUT2D eigenvalue weighted by molar-refractivity contribution is 7.98. The van der Waals surface area contributed by atoms with Crippen LogP contribution in [0.1, 0.15) is 34.5 Å². The summed E-state index contributed by atoms with van der Waals surface area (Å²) < 4.78 is 0. The molecule has 1 fully saturated rings. The molecule has 9 heteroatoms. The van der Waals surface area contributed by atoms with Crippen LogP contribution in [0, 0.1) is 5.92 Å². The topological polar surface area (TPSA) is 104 Å². The van der Waals surface area contributed by atoms with Crippen LogP contribution in [-0.4, -0.2) is 56.5 Å². The fraction of sp³-hybridized carbons (Fsp3) is 0.348. The Kier molecular flexibility index (Phi) is 7.50. The molecule has 2 aromatic heterocycles. The number of H-pyrrole nitrogens is 1. The van der Waals surface area contributed by atoms with E-state index in [2.05, 4.69) is 25.5 Å². The highest BCUT2D eigenvalue weighted by atomic mass is 32.2. The quantitative estimate of drug-likeness (QED) is 0.512. The number of aromatic amines is 1. The van der Waals surface area contributed by atoms with E-state index in [0.29, 0.717) is 38.0 Å². The van der Waals surface area contributed by atoms with Crippen molar-refractivity contribution in [1.82, 2.24) is 30.4 Å². The summed E-state index contributed by atoms with van der Waals surface area (Å²) in [5.74, 6) is 0.804. The maximum absolute atomic E-state index is 12.9. The van der Waals surface area contributed by atoms with Crippen molar-refractivity contribution < 1.29 is 9.59 Å². The molecule has 1 aliphatic heterocycles. The van der Waals surface area contributed by atoms with E-state index >= 15 is 0 Å². The number of nitrogens with one attached hydrogen (secondary N) is 2. The van der Waals surface area contributed by atoms with Gasteiger partial charge in [0.1, 0.15) is 6.33 Å². The van der Waals surface area contributed by atoms with Gasteiger partial charge < -0.3 is 10.2 Å². The number of aromatic nitrogens is 4. The number of thioether (sulfide) groups is 1. The van der Waals surface area contributed by atoms with E-state index in [1.807, 2.05) is 47.4 Å². The molecule has 1 aromatic carbocycles. The van der Waals surface area contributed by atoms with Crippen LogP contribution in [0.5, 0.6) is 0 Å². The van der Waals surface area contributed by atoms with Crippen LogP contribution in [0.25, 0.3) is 0 Å². The summed E-state index contributed by atoms with van der Waals surface area (Å²) in [4.78, 5) is 35.5. The van der Waals surface area contributed by atoms with Crippen LogP contribution in [0.2, 0.25) is 0 Å². The van der Waals surface area contributed by atoms with Crippen LogP contribution >= 0.6 is 11.8 Å². The van der Waals surface area contributed by atoms with E-state index in [4.69, 9.17) is 0 Å². The zero-order valence-electron chi connectivity index (χ0n) is 17.7. The minimum atomic E-state index is -0.0433. The lowest BCUT2D eigenvalue weighted by Gasteiger charge is -2.31. The standard InChI is InChI=1S/C23H26N6O2S/c30-21(25-12-8-20-3-1-2-11-24-20)18-9-13-29(14-10-18)22(31)19-6-4-17(5-7-19)15-32-23-26-16-27-28-23/h1-7,11,16,18H,8-10,12-15H2,(H,25,30)(H,26,27,28). The van der Waals surface area contributed by atoms with Gasteiger partial charge in [0.25, 0.3) is 5.91 Å². The van der Waals surface area contributed by atoms with Gasteiger partial charge in [-0.05, 0) is 42.7 Å². The van der Waals surface area contributed by atoms with E-state index < -0.39 is 0 Å². The average Bonchev–Trinajstić information content (AvgIpc) is 3.37. The minimum Gasteiger partial charge on any atom is -0.355 e. The number of rotatable bonds is 8. The summed E-state index contributed by atoms with van der Waals surface area (Å²) in [7, 11) is 0. The Hall–Kier alpha value is -3.20. The molecule has 4 rings (SSSR count). The number of hydrogen-bond acceptors (Lipinski definition) is 6. The zero-order chi connectivity index (χ0) is 22.2. The van der Waals surface area contributed by atoms with Gasteiger partial charge in [-0.15, -0.1) is 0 Å². The Morgan fingerprint density at radius 3 is 2.59 bits per heavy atom. The van der Waals surface area contributed by atoms with Gasteiger partial charge in [-0.1, -0.05) is 30.0 Å². The smallest absolute Gasteiger partial charge is 0.253 e. The predicted octanol–water partition coefficient (Wildman–Crippen LogP) is 2.70. The molecule has 0 saturated carbocycles. The van der Waals surface area contributed by atoms with Gasteiger partial charge in [-0.2, -0.15) is 5.10 Å². The van der Waals surface area contributed by atoms with Crippen LogP contribution in [0.3, 0.4) is 0 Å². The second-order valence-electron chi connectivity index (χ2n) is 7.70. The fourth-order valence-corrected chi connectivity index (χ4v) is 4.43. The lowest BCUT2D eigenvalue weighted by Crippen LogP contribution is -2.43. The van der Waals surface area contributed by atoms with Crippen LogP contribution in [0.4, 0.5) is 0 Å². The summed E-state index contributed by atoms with van der Waals surface area (Å²) in [6, 6.07) is 13.5. The van der Waals surface area contributed by atoms with Crippen molar-refractivity contribution in [3.63, 3.8) is 0 Å². The summed E-state index contributed by atoms with van der Waals surface area (Å²) >= 11 is 1.56. The van der Waals surface area contributed by atoms with Crippen molar-refractivity contribution in [1.29, 1.82) is 0 Å². The van der Waals surface area contributed by atoms with Gasteiger partial charge >= 0.3 is 0 Å². The molecule has 2 amide bonds. The Labute approximate surface area is 191 Å². The molecule has 166 valence electrons. The summed E-state index contributed by atoms with van der Waals surface area (Å²) in [5, 5.41) is 10.4. The molecule has 32 heavy (non-hydrogen) atoms. The largest absolute Gasteiger partial charge is 0.355 e. The molecule has 8 nitrogen and oxygen atoms in total. The molecule has 0 radical (unpaired) electrons. The number of carbonyl (C=O) groups excluding carboxylic acids is 2. The lowest BCUT2D eigenvalue weighted by atomic mass is 9.95. The molecule has 0 bridgehead atoms. The van der Waals surface area contributed by atoms with E-state index in [1.165, 1.54) is 6.33 Å². The molecule has 1 aliphatic rings. The van der Waals surface area contributed by atoms with Gasteiger partial charge in [-0.3, -0.25) is 19.7 Å². The molecular formula is C23H26N6O2S. The Morgan fingerprint density at radius 2 is 1.91 bits per heavy atom. The number of nitrogens with zero attached hydrogens (tertiary/aromatic N) is 4. The van der Waals surface area contributed by atoms with Gasteiger partial charge in [0.05, 0.1) is 0 Å². The number of benzene rings is 1. The average molecular weight is 451 g/mol. The first-order chi connectivity index (χ1) is 15.7. The van der Waals surface area contributed by atoms with Gasteiger partial charge in [-0.25, -0.2) is 4.98 Å². The molecule has 1 saturated heterocycles. The second kappa shape index (κ2) is 10.9. The number of piperidine rings is 1. The molecular weight excluding hydrogens is 424 g/mol. The third-order valence-corrected chi connectivity index (χ3v) is 6.48. The summed E-state index contributed by atoms with van der Waals surface area (Å²) in [6.45, 7) is 1.77. The minimum absolute atomic E-state index is 0.0217. The van der Waals surface area contributed by atoms with Crippen molar-refractivity contribution in [2.24, 2.45) is 5.92 Å². The number of hydrogen-bond donors (Lipinski definition) is 2. The van der Waals surface area contributed by atoms with Crippen molar-refractivity contribution >= 4 is 23.6 Å². The number of pyridine rings is 1. The second-order valence-corrected chi connectivity index (χ2v) is 8.67. The van der Waals surface area contributed by atoms with Crippen LogP contribution in [-0.2, 0) is 17.0 Å². The van der Waals surface area contributed by atoms with E-state index in [0.717, 1.165) is 28.6 Å². The summed E-state index contributed by atoms with van der Waals surface area (Å²) in [5.41, 5.74) is 2.76. The third-order valence-electron chi connectivity index (χ3n) is 5.53. The van der Waals surface area contributed by atoms with E-state index in [1.54, 1.807) is 18.0 Å². The lowest BCUT2D eigenvalue weighted by molar-refractivity contribution is -0.126. The molecule has 2 N–H and O–H groups in total. The van der Waals surface area contributed by atoms with Gasteiger partial charge in [0, 0.05) is 55.2 Å². The SMILES string of the molecule is O=C(NCCc1ccccn1)C1CCN(C(=O)c2ccc(CSc3ncn[nH]3)cc2)CC1. The molecule has 3 aromatic rings. The molecule has 0 unspecified atom stereocenters. The van der Waals surface area contributed by atoms with Crippen molar-refractivity contribution in [2.45, 2.75) is 30.2 Å². The van der Waals surface area contributed by atoms with Gasteiger partial charge in [0.15, 0.2) is 5.16 Å². The number of carbonyl (C=O) groups is 2. The number of likely N-dealkylation sites (tertiary alicyclic amines) is 1. The van der Waals surface area contributed by atoms with E-state index in [9.17, 15) is 9.59 Å². The summed E-state index contributed by atoms with van der Waals surface area (Å²) in [6.07, 6.45) is 5.34. The third kappa shape index (κ3) is 5.94.